The van der Waals surface area contributed by atoms with Crippen LogP contribution in [0.5, 0.6) is 0 Å². The Labute approximate surface area is 138 Å². The number of alkyl halides is 1. The number of carbonyl (C=O) groups excluding carboxylic acids is 1. The molecule has 1 fully saturated rings. The molecule has 1 saturated carbocycles. The Bertz CT molecular complexity index is 509. The van der Waals surface area contributed by atoms with Gasteiger partial charge >= 0.3 is 0 Å². The Balaban J connectivity index is 2.19. The van der Waals surface area contributed by atoms with Crippen LogP contribution >= 0.6 is 39.1 Å². The van der Waals surface area contributed by atoms with Crippen LogP contribution in [0.4, 0.5) is 0 Å². The van der Waals surface area contributed by atoms with E-state index in [0.717, 1.165) is 23.7 Å². The van der Waals surface area contributed by atoms with Crippen LogP contribution in [0.3, 0.4) is 0 Å². The van der Waals surface area contributed by atoms with Crippen molar-refractivity contribution in [3.63, 3.8) is 0 Å². The average Bonchev–Trinajstić information content (AvgIpc) is 2.41. The quantitative estimate of drug-likeness (QED) is 0.735. The molecule has 1 aliphatic rings. The highest BCUT2D eigenvalue weighted by Gasteiger charge is 2.36. The van der Waals surface area contributed by atoms with Crippen molar-refractivity contribution in [1.82, 2.24) is 5.32 Å². The molecule has 5 heteroatoms. The molecule has 0 radical (unpaired) electrons. The van der Waals surface area contributed by atoms with E-state index in [1.165, 1.54) is 6.42 Å². The van der Waals surface area contributed by atoms with Crippen LogP contribution in [-0.4, -0.2) is 17.3 Å². The molecule has 2 atom stereocenters. The Morgan fingerprint density at radius 3 is 2.95 bits per heavy atom. The molecular formula is C15H18BrCl2NO. The first kappa shape index (κ1) is 16.1. The summed E-state index contributed by atoms with van der Waals surface area (Å²) in [6.07, 6.45) is 4.15. The monoisotopic (exact) mass is 377 g/mol. The lowest BCUT2D eigenvalue weighted by molar-refractivity contribution is 0.0867. The number of carbonyl (C=O) groups is 1. The van der Waals surface area contributed by atoms with Crippen LogP contribution in [0.15, 0.2) is 22.7 Å². The second-order valence-corrected chi connectivity index (χ2v) is 7.17. The molecule has 2 nitrogen and oxygen atoms in total. The molecule has 20 heavy (non-hydrogen) atoms. The molecule has 0 spiro atoms. The molecule has 0 saturated heterocycles. The van der Waals surface area contributed by atoms with Gasteiger partial charge in [0.2, 0.25) is 0 Å². The fourth-order valence-electron chi connectivity index (χ4n) is 2.92. The SMILES string of the molecule is CC1CCCC(CCl)(NC(=O)c2cccc(Br)c2Cl)C1. The van der Waals surface area contributed by atoms with Gasteiger partial charge in [-0.3, -0.25) is 4.79 Å². The van der Waals surface area contributed by atoms with Gasteiger partial charge in [0.05, 0.1) is 16.1 Å². The lowest BCUT2D eigenvalue weighted by Gasteiger charge is -2.39. The number of hydrogen-bond acceptors (Lipinski definition) is 1. The minimum absolute atomic E-state index is 0.147. The van der Waals surface area contributed by atoms with Crippen molar-refractivity contribution in [3.05, 3.63) is 33.3 Å². The van der Waals surface area contributed by atoms with Crippen LogP contribution in [0.25, 0.3) is 0 Å². The van der Waals surface area contributed by atoms with Gasteiger partial charge in [0.25, 0.3) is 5.91 Å². The molecule has 2 rings (SSSR count). The minimum atomic E-state index is -0.304. The first-order valence-electron chi connectivity index (χ1n) is 6.80. The van der Waals surface area contributed by atoms with Crippen molar-refractivity contribution in [2.75, 3.05) is 5.88 Å². The van der Waals surface area contributed by atoms with Crippen LogP contribution in [0, 0.1) is 5.92 Å². The zero-order valence-electron chi connectivity index (χ0n) is 11.4. The molecule has 2 unspecified atom stereocenters. The highest BCUT2D eigenvalue weighted by atomic mass is 79.9. The van der Waals surface area contributed by atoms with Crippen molar-refractivity contribution in [2.24, 2.45) is 5.92 Å². The molecule has 1 aromatic rings. The maximum Gasteiger partial charge on any atom is 0.253 e. The van der Waals surface area contributed by atoms with Gasteiger partial charge < -0.3 is 5.32 Å². The van der Waals surface area contributed by atoms with E-state index in [9.17, 15) is 4.79 Å². The number of hydrogen-bond donors (Lipinski definition) is 1. The van der Waals surface area contributed by atoms with Gasteiger partial charge in [-0.05, 0) is 46.8 Å². The smallest absolute Gasteiger partial charge is 0.253 e. The maximum atomic E-state index is 12.5. The summed E-state index contributed by atoms with van der Waals surface area (Å²) in [5.41, 5.74) is 0.186. The lowest BCUT2D eigenvalue weighted by atomic mass is 9.77. The topological polar surface area (TPSA) is 29.1 Å². The molecule has 0 aromatic heterocycles. The molecule has 1 N–H and O–H groups in total. The van der Waals surface area contributed by atoms with Crippen LogP contribution in [0.2, 0.25) is 5.02 Å². The molecule has 1 amide bonds. The number of benzene rings is 1. The summed E-state index contributed by atoms with van der Waals surface area (Å²) in [5.74, 6) is 0.876. The lowest BCUT2D eigenvalue weighted by Crippen LogP contribution is -2.52. The third kappa shape index (κ3) is 3.49. The summed E-state index contributed by atoms with van der Waals surface area (Å²) in [6.45, 7) is 2.21. The van der Waals surface area contributed by atoms with E-state index >= 15 is 0 Å². The van der Waals surface area contributed by atoms with Crippen molar-refractivity contribution < 1.29 is 4.79 Å². The summed E-state index contributed by atoms with van der Waals surface area (Å²) in [5, 5.41) is 3.56. The summed E-state index contributed by atoms with van der Waals surface area (Å²) < 4.78 is 0.726. The molecule has 0 aliphatic heterocycles. The van der Waals surface area contributed by atoms with Gasteiger partial charge in [0, 0.05) is 10.4 Å². The standard InChI is InChI=1S/C15H18BrCl2NO/c1-10-4-3-7-15(8-10,9-17)19-14(20)11-5-2-6-12(16)13(11)18/h2,5-6,10H,3-4,7-9H2,1H3,(H,19,20). The number of amides is 1. The van der Waals surface area contributed by atoms with E-state index in [4.69, 9.17) is 23.2 Å². The normalized spacial score (nSPS) is 26.3. The first-order valence-corrected chi connectivity index (χ1v) is 8.50. The van der Waals surface area contributed by atoms with Gasteiger partial charge in [-0.25, -0.2) is 0 Å². The summed E-state index contributed by atoms with van der Waals surface area (Å²) in [6, 6.07) is 5.36. The van der Waals surface area contributed by atoms with E-state index < -0.39 is 0 Å². The number of nitrogens with one attached hydrogen (secondary N) is 1. The summed E-state index contributed by atoms with van der Waals surface area (Å²) in [4.78, 5) is 12.5. The summed E-state index contributed by atoms with van der Waals surface area (Å²) >= 11 is 15.7. The van der Waals surface area contributed by atoms with Crippen LogP contribution in [0.1, 0.15) is 43.0 Å². The van der Waals surface area contributed by atoms with Crippen LogP contribution < -0.4 is 5.32 Å². The first-order chi connectivity index (χ1) is 9.47. The fourth-order valence-corrected chi connectivity index (χ4v) is 3.80. The van der Waals surface area contributed by atoms with Gasteiger partial charge in [0.1, 0.15) is 0 Å². The Hall–Kier alpha value is -0.250. The van der Waals surface area contributed by atoms with Gasteiger partial charge in [-0.15, -0.1) is 11.6 Å². The van der Waals surface area contributed by atoms with Crippen molar-refractivity contribution in [3.8, 4) is 0 Å². The second-order valence-electron chi connectivity index (χ2n) is 5.67. The summed E-state index contributed by atoms with van der Waals surface area (Å²) in [7, 11) is 0. The third-order valence-electron chi connectivity index (χ3n) is 3.92. The predicted octanol–water partition coefficient (Wildman–Crippen LogP) is 5.02. The Morgan fingerprint density at radius 2 is 2.30 bits per heavy atom. The fraction of sp³-hybridized carbons (Fsp3) is 0.533. The number of halogens is 3. The predicted molar refractivity (Wildman–Crippen MR) is 87.7 cm³/mol. The average molecular weight is 379 g/mol. The highest BCUT2D eigenvalue weighted by molar-refractivity contribution is 9.10. The Morgan fingerprint density at radius 1 is 1.55 bits per heavy atom. The van der Waals surface area contributed by atoms with Crippen molar-refractivity contribution in [1.29, 1.82) is 0 Å². The van der Waals surface area contributed by atoms with Gasteiger partial charge in [-0.2, -0.15) is 0 Å². The van der Waals surface area contributed by atoms with Crippen molar-refractivity contribution in [2.45, 2.75) is 38.1 Å². The Kier molecular flexibility index (Phi) is 5.38. The molecule has 0 heterocycles. The van der Waals surface area contributed by atoms with E-state index in [1.807, 2.05) is 12.1 Å². The van der Waals surface area contributed by atoms with E-state index in [-0.39, 0.29) is 11.4 Å². The highest BCUT2D eigenvalue weighted by Crippen LogP contribution is 2.34. The van der Waals surface area contributed by atoms with E-state index in [2.05, 4.69) is 28.2 Å². The van der Waals surface area contributed by atoms with E-state index in [1.54, 1.807) is 6.07 Å². The van der Waals surface area contributed by atoms with Crippen LogP contribution in [-0.2, 0) is 0 Å². The molecule has 0 bridgehead atoms. The third-order valence-corrected chi connectivity index (χ3v) is 5.73. The zero-order chi connectivity index (χ0) is 14.8. The maximum absolute atomic E-state index is 12.5. The van der Waals surface area contributed by atoms with Crippen molar-refractivity contribution >= 4 is 45.0 Å². The zero-order valence-corrected chi connectivity index (χ0v) is 14.5. The minimum Gasteiger partial charge on any atom is -0.345 e. The molecular weight excluding hydrogens is 361 g/mol. The number of rotatable bonds is 3. The van der Waals surface area contributed by atoms with Gasteiger partial charge in [-0.1, -0.05) is 37.4 Å². The molecule has 1 aliphatic carbocycles. The molecule has 1 aromatic carbocycles. The van der Waals surface area contributed by atoms with Gasteiger partial charge in [0.15, 0.2) is 0 Å². The largest absolute Gasteiger partial charge is 0.345 e. The molecule has 110 valence electrons. The second kappa shape index (κ2) is 6.67. The van der Waals surface area contributed by atoms with E-state index in [0.29, 0.717) is 22.4 Å².